The second kappa shape index (κ2) is 9.27. The van der Waals surface area contributed by atoms with E-state index < -0.39 is 21.5 Å². The van der Waals surface area contributed by atoms with Gasteiger partial charge in [-0.05, 0) is 24.5 Å². The first-order valence-corrected chi connectivity index (χ1v) is 11.7. The number of amides is 1. The van der Waals surface area contributed by atoms with E-state index in [9.17, 15) is 13.2 Å². The van der Waals surface area contributed by atoms with Crippen molar-refractivity contribution in [2.75, 3.05) is 18.6 Å². The van der Waals surface area contributed by atoms with Crippen molar-refractivity contribution < 1.29 is 17.6 Å². The Morgan fingerprint density at radius 3 is 2.45 bits per heavy atom. The van der Waals surface area contributed by atoms with Crippen LogP contribution in [-0.2, 0) is 34.0 Å². The van der Waals surface area contributed by atoms with E-state index in [1.807, 2.05) is 61.5 Å². The summed E-state index contributed by atoms with van der Waals surface area (Å²) in [7, 11) is -1.81. The van der Waals surface area contributed by atoms with Crippen molar-refractivity contribution in [3.63, 3.8) is 0 Å². The highest BCUT2D eigenvalue weighted by Gasteiger charge is 2.22. The summed E-state index contributed by atoms with van der Waals surface area (Å²) < 4.78 is 30.7. The van der Waals surface area contributed by atoms with Crippen LogP contribution < -0.4 is 0 Å². The third-order valence-corrected chi connectivity index (χ3v) is 6.63. The summed E-state index contributed by atoms with van der Waals surface area (Å²) in [6, 6.07) is 17.5. The Hall–Kier alpha value is -2.60. The number of hydrogen-bond donors (Lipinski definition) is 0. The van der Waals surface area contributed by atoms with Crippen LogP contribution >= 0.6 is 0 Å². The minimum atomic E-state index is -3.45. The zero-order chi connectivity index (χ0) is 20.9. The minimum absolute atomic E-state index is 0.0102. The van der Waals surface area contributed by atoms with Crippen molar-refractivity contribution >= 4 is 26.7 Å². The van der Waals surface area contributed by atoms with Crippen LogP contribution in [0.15, 0.2) is 59.0 Å². The first kappa shape index (κ1) is 21.1. The molecule has 29 heavy (non-hydrogen) atoms. The molecule has 0 aliphatic heterocycles. The third kappa shape index (κ3) is 5.48. The fourth-order valence-corrected chi connectivity index (χ4v) is 4.77. The Bertz CT molecular complexity index is 1070. The Labute approximate surface area is 172 Å². The lowest BCUT2D eigenvalue weighted by Crippen LogP contribution is -2.33. The number of rotatable bonds is 9. The van der Waals surface area contributed by atoms with Crippen LogP contribution in [0, 0.1) is 0 Å². The SMILES string of the molecule is CCc1oc2ccccc2c1CN(C)C(=O)CS(=O)(=O)CCCc1ccccc1. The van der Waals surface area contributed by atoms with Gasteiger partial charge in [0, 0.05) is 31.0 Å². The molecule has 0 unspecified atom stereocenters. The van der Waals surface area contributed by atoms with Gasteiger partial charge in [0.2, 0.25) is 5.91 Å². The highest BCUT2D eigenvalue weighted by molar-refractivity contribution is 7.92. The number of carbonyl (C=O) groups is 1. The predicted octanol–water partition coefficient (Wildman–Crippen LogP) is 4.00. The second-order valence-corrected chi connectivity index (χ2v) is 9.47. The molecule has 0 radical (unpaired) electrons. The molecule has 1 amide bonds. The van der Waals surface area contributed by atoms with E-state index in [1.165, 1.54) is 4.90 Å². The van der Waals surface area contributed by atoms with Gasteiger partial charge >= 0.3 is 0 Å². The van der Waals surface area contributed by atoms with E-state index in [0.29, 0.717) is 25.8 Å². The molecule has 0 N–H and O–H groups in total. The van der Waals surface area contributed by atoms with Gasteiger partial charge in [-0.3, -0.25) is 4.79 Å². The first-order valence-electron chi connectivity index (χ1n) is 9.87. The average molecular weight is 414 g/mol. The smallest absolute Gasteiger partial charge is 0.237 e. The van der Waals surface area contributed by atoms with Crippen molar-refractivity contribution in [2.45, 2.75) is 32.7 Å². The number of sulfone groups is 1. The lowest BCUT2D eigenvalue weighted by molar-refractivity contribution is -0.127. The number of carbonyl (C=O) groups excluding carboxylic acids is 1. The van der Waals surface area contributed by atoms with E-state index in [2.05, 4.69) is 0 Å². The largest absolute Gasteiger partial charge is 0.461 e. The summed E-state index contributed by atoms with van der Waals surface area (Å²) in [5, 5.41) is 0.967. The molecule has 6 heteroatoms. The van der Waals surface area contributed by atoms with E-state index >= 15 is 0 Å². The zero-order valence-electron chi connectivity index (χ0n) is 16.9. The number of hydrogen-bond acceptors (Lipinski definition) is 4. The van der Waals surface area contributed by atoms with Gasteiger partial charge in [0.1, 0.15) is 17.1 Å². The molecule has 154 valence electrons. The molecule has 0 atom stereocenters. The van der Waals surface area contributed by atoms with Crippen LogP contribution in [0.3, 0.4) is 0 Å². The molecule has 0 aliphatic rings. The van der Waals surface area contributed by atoms with Crippen LogP contribution in [0.5, 0.6) is 0 Å². The summed E-state index contributed by atoms with van der Waals surface area (Å²) in [4.78, 5) is 14.0. The van der Waals surface area contributed by atoms with Gasteiger partial charge in [-0.2, -0.15) is 0 Å². The fraction of sp³-hybridized carbons (Fsp3) is 0.348. The predicted molar refractivity (Wildman–Crippen MR) is 115 cm³/mol. The van der Waals surface area contributed by atoms with E-state index in [0.717, 1.165) is 27.9 Å². The Balaban J connectivity index is 1.60. The number of fused-ring (bicyclic) bond motifs is 1. The van der Waals surface area contributed by atoms with Gasteiger partial charge in [-0.1, -0.05) is 55.5 Å². The molecule has 2 aromatic carbocycles. The second-order valence-electron chi connectivity index (χ2n) is 7.28. The monoisotopic (exact) mass is 413 g/mol. The quantitative estimate of drug-likeness (QED) is 0.532. The number of aryl methyl sites for hydroxylation is 2. The molecule has 0 fully saturated rings. The van der Waals surface area contributed by atoms with Crippen molar-refractivity contribution in [1.82, 2.24) is 4.90 Å². The normalized spacial score (nSPS) is 11.7. The highest BCUT2D eigenvalue weighted by Crippen LogP contribution is 2.27. The van der Waals surface area contributed by atoms with Gasteiger partial charge in [0.15, 0.2) is 9.84 Å². The Morgan fingerprint density at radius 1 is 1.03 bits per heavy atom. The van der Waals surface area contributed by atoms with Crippen molar-refractivity contribution in [3.8, 4) is 0 Å². The molecular weight excluding hydrogens is 386 g/mol. The van der Waals surface area contributed by atoms with Gasteiger partial charge in [-0.15, -0.1) is 0 Å². The van der Waals surface area contributed by atoms with Crippen LogP contribution in [0.1, 0.15) is 30.2 Å². The summed E-state index contributed by atoms with van der Waals surface area (Å²) in [6.07, 6.45) is 1.91. The van der Waals surface area contributed by atoms with Crippen LogP contribution in [-0.4, -0.2) is 37.8 Å². The van der Waals surface area contributed by atoms with Crippen LogP contribution in [0.4, 0.5) is 0 Å². The summed E-state index contributed by atoms with van der Waals surface area (Å²) >= 11 is 0. The van der Waals surface area contributed by atoms with E-state index in [4.69, 9.17) is 4.42 Å². The lowest BCUT2D eigenvalue weighted by Gasteiger charge is -2.17. The summed E-state index contributed by atoms with van der Waals surface area (Å²) in [5.74, 6) is -0.0140. The Kier molecular flexibility index (Phi) is 6.75. The molecule has 0 aliphatic carbocycles. The van der Waals surface area contributed by atoms with E-state index in [-0.39, 0.29) is 5.75 Å². The van der Waals surface area contributed by atoms with Gasteiger partial charge in [0.25, 0.3) is 0 Å². The van der Waals surface area contributed by atoms with Crippen molar-refractivity contribution in [2.24, 2.45) is 0 Å². The molecule has 0 saturated heterocycles. The van der Waals surface area contributed by atoms with Crippen molar-refractivity contribution in [3.05, 3.63) is 71.5 Å². The first-order chi connectivity index (χ1) is 13.9. The molecule has 3 aromatic rings. The number of benzene rings is 2. The fourth-order valence-electron chi connectivity index (χ4n) is 3.45. The molecule has 0 saturated carbocycles. The molecular formula is C23H27NO4S. The summed E-state index contributed by atoms with van der Waals surface area (Å²) in [6.45, 7) is 2.33. The van der Waals surface area contributed by atoms with Gasteiger partial charge in [0.05, 0.1) is 5.75 Å². The molecule has 1 heterocycles. The van der Waals surface area contributed by atoms with Crippen LogP contribution in [0.25, 0.3) is 11.0 Å². The zero-order valence-corrected chi connectivity index (χ0v) is 17.7. The minimum Gasteiger partial charge on any atom is -0.461 e. The molecule has 3 rings (SSSR count). The van der Waals surface area contributed by atoms with Crippen molar-refractivity contribution in [1.29, 1.82) is 0 Å². The molecule has 0 bridgehead atoms. The standard InChI is InChI=1S/C23H27NO4S/c1-3-21-20(19-13-7-8-14-22(19)28-21)16-24(2)23(25)17-29(26,27)15-9-12-18-10-5-4-6-11-18/h4-8,10-11,13-14H,3,9,12,15-17H2,1-2H3. The topological polar surface area (TPSA) is 67.6 Å². The number of para-hydroxylation sites is 1. The molecule has 5 nitrogen and oxygen atoms in total. The third-order valence-electron chi connectivity index (χ3n) is 5.03. The number of furan rings is 1. The number of nitrogens with zero attached hydrogens (tertiary/aromatic N) is 1. The maximum atomic E-state index is 12.6. The van der Waals surface area contributed by atoms with Gasteiger partial charge < -0.3 is 9.32 Å². The van der Waals surface area contributed by atoms with Crippen LogP contribution in [0.2, 0.25) is 0 Å². The lowest BCUT2D eigenvalue weighted by atomic mass is 10.1. The maximum absolute atomic E-state index is 12.6. The van der Waals surface area contributed by atoms with Gasteiger partial charge in [-0.25, -0.2) is 8.42 Å². The van der Waals surface area contributed by atoms with E-state index in [1.54, 1.807) is 7.05 Å². The average Bonchev–Trinajstić information content (AvgIpc) is 3.06. The maximum Gasteiger partial charge on any atom is 0.237 e. The Morgan fingerprint density at radius 2 is 1.72 bits per heavy atom. The molecule has 1 aromatic heterocycles. The highest BCUT2D eigenvalue weighted by atomic mass is 32.2. The molecule has 0 spiro atoms. The summed E-state index contributed by atoms with van der Waals surface area (Å²) in [5.41, 5.74) is 2.83.